The number of piperidine rings is 1. The van der Waals surface area contributed by atoms with Gasteiger partial charge in [-0.25, -0.2) is 4.39 Å². The van der Waals surface area contributed by atoms with Crippen molar-refractivity contribution in [3.63, 3.8) is 0 Å². The Balaban J connectivity index is 0.00000192. The average molecular weight is 341 g/mol. The molecule has 0 spiro atoms. The highest BCUT2D eigenvalue weighted by molar-refractivity contribution is 5.85. The van der Waals surface area contributed by atoms with E-state index in [2.05, 4.69) is 24.1 Å². The van der Waals surface area contributed by atoms with Crippen LogP contribution in [0.5, 0.6) is 0 Å². The number of nitrogens with one attached hydrogen (secondary N) is 1. The normalized spacial score (nSPS) is 30.8. The maximum Gasteiger partial charge on any atom is 0.226 e. The van der Waals surface area contributed by atoms with Gasteiger partial charge in [0.25, 0.3) is 0 Å². The van der Waals surface area contributed by atoms with Crippen LogP contribution in [-0.2, 0) is 4.79 Å². The number of nitrogens with zero attached hydrogens (tertiary/aromatic N) is 1. The van der Waals surface area contributed by atoms with Gasteiger partial charge in [-0.3, -0.25) is 4.79 Å². The van der Waals surface area contributed by atoms with Gasteiger partial charge in [-0.2, -0.15) is 0 Å². The van der Waals surface area contributed by atoms with Crippen LogP contribution in [0.1, 0.15) is 44.6 Å². The van der Waals surface area contributed by atoms with E-state index in [0.29, 0.717) is 17.9 Å². The molecule has 128 valence electrons. The molecule has 1 N–H and O–H groups in total. The third kappa shape index (κ3) is 4.04. The summed E-state index contributed by atoms with van der Waals surface area (Å²) in [6.45, 7) is 5.98. The fourth-order valence-corrected chi connectivity index (χ4v) is 3.91. The molecule has 4 atom stereocenters. The standard InChI is InChI=1S/C18H25FN2O.ClH/c1-12-9-15(7-8-20-12)18(22)21-11-16(10-13(21)2)14-3-5-17(19)6-4-14;/h3-6,12-13,15-16,20H,7-11H2,1-2H3;1H/t12-,13?,15-,16?;/m0./s1. The van der Waals surface area contributed by atoms with Crippen molar-refractivity contribution >= 4 is 18.3 Å². The Morgan fingerprint density at radius 2 is 1.91 bits per heavy atom. The number of halogens is 2. The van der Waals surface area contributed by atoms with Gasteiger partial charge in [0.1, 0.15) is 5.82 Å². The molecule has 23 heavy (non-hydrogen) atoms. The van der Waals surface area contributed by atoms with Gasteiger partial charge in [0.2, 0.25) is 5.91 Å². The van der Waals surface area contributed by atoms with Crippen LogP contribution in [0.15, 0.2) is 24.3 Å². The quantitative estimate of drug-likeness (QED) is 0.895. The summed E-state index contributed by atoms with van der Waals surface area (Å²) in [6.07, 6.45) is 2.84. The Morgan fingerprint density at radius 1 is 1.22 bits per heavy atom. The fraction of sp³-hybridized carbons (Fsp3) is 0.611. The lowest BCUT2D eigenvalue weighted by Crippen LogP contribution is -2.45. The second-order valence-electron chi connectivity index (χ2n) is 6.90. The molecule has 2 unspecified atom stereocenters. The molecule has 0 radical (unpaired) electrons. The van der Waals surface area contributed by atoms with Crippen LogP contribution >= 0.6 is 12.4 Å². The third-order valence-corrected chi connectivity index (χ3v) is 5.17. The molecule has 1 aromatic carbocycles. The van der Waals surface area contributed by atoms with Crippen molar-refractivity contribution in [1.82, 2.24) is 10.2 Å². The van der Waals surface area contributed by atoms with Gasteiger partial charge in [-0.15, -0.1) is 12.4 Å². The van der Waals surface area contributed by atoms with Crippen LogP contribution in [0.3, 0.4) is 0 Å². The molecule has 2 saturated heterocycles. The average Bonchev–Trinajstić information content (AvgIpc) is 2.89. The van der Waals surface area contributed by atoms with E-state index in [1.807, 2.05) is 12.1 Å². The first-order chi connectivity index (χ1) is 10.5. The Labute approximate surface area is 144 Å². The number of hydrogen-bond donors (Lipinski definition) is 1. The van der Waals surface area contributed by atoms with Gasteiger partial charge < -0.3 is 10.2 Å². The van der Waals surface area contributed by atoms with E-state index >= 15 is 0 Å². The number of rotatable bonds is 2. The highest BCUT2D eigenvalue weighted by atomic mass is 35.5. The first-order valence-electron chi connectivity index (χ1n) is 8.34. The number of amides is 1. The summed E-state index contributed by atoms with van der Waals surface area (Å²) in [7, 11) is 0. The van der Waals surface area contributed by atoms with E-state index in [1.54, 1.807) is 0 Å². The highest BCUT2D eigenvalue weighted by Gasteiger charge is 2.37. The molecule has 0 saturated carbocycles. The molecule has 2 aliphatic rings. The Bertz CT molecular complexity index is 536. The van der Waals surface area contributed by atoms with Crippen molar-refractivity contribution in [3.05, 3.63) is 35.6 Å². The molecule has 3 nitrogen and oxygen atoms in total. The Morgan fingerprint density at radius 3 is 2.57 bits per heavy atom. The molecule has 2 fully saturated rings. The molecule has 0 bridgehead atoms. The number of carbonyl (C=O) groups is 1. The molecule has 1 amide bonds. The Kier molecular flexibility index (Phi) is 6.04. The summed E-state index contributed by atoms with van der Waals surface area (Å²) in [6, 6.07) is 7.43. The van der Waals surface area contributed by atoms with Crippen LogP contribution in [-0.4, -0.2) is 36.0 Å². The minimum absolute atomic E-state index is 0. The van der Waals surface area contributed by atoms with E-state index in [9.17, 15) is 9.18 Å². The molecule has 5 heteroatoms. The van der Waals surface area contributed by atoms with Crippen molar-refractivity contribution < 1.29 is 9.18 Å². The summed E-state index contributed by atoms with van der Waals surface area (Å²) in [5, 5.41) is 3.40. The smallest absolute Gasteiger partial charge is 0.226 e. The Hall–Kier alpha value is -1.13. The maximum absolute atomic E-state index is 13.1. The minimum Gasteiger partial charge on any atom is -0.339 e. The second kappa shape index (κ2) is 7.63. The van der Waals surface area contributed by atoms with E-state index in [-0.39, 0.29) is 30.2 Å². The topological polar surface area (TPSA) is 32.3 Å². The minimum atomic E-state index is -0.202. The lowest BCUT2D eigenvalue weighted by Gasteiger charge is -2.32. The third-order valence-electron chi connectivity index (χ3n) is 5.17. The first-order valence-corrected chi connectivity index (χ1v) is 8.34. The van der Waals surface area contributed by atoms with Gasteiger partial charge in [0.05, 0.1) is 0 Å². The number of carbonyl (C=O) groups excluding carboxylic acids is 1. The predicted molar refractivity (Wildman–Crippen MR) is 92.4 cm³/mol. The fourth-order valence-electron chi connectivity index (χ4n) is 3.91. The molecule has 0 aliphatic carbocycles. The van der Waals surface area contributed by atoms with Crippen molar-refractivity contribution in [2.75, 3.05) is 13.1 Å². The SMILES string of the molecule is CC1CC(c2ccc(F)cc2)CN1C(=O)[C@H]1CCN[C@@H](C)C1.Cl. The predicted octanol–water partition coefficient (Wildman–Crippen LogP) is 3.34. The molecule has 2 aliphatic heterocycles. The number of benzene rings is 1. The zero-order valence-corrected chi connectivity index (χ0v) is 14.6. The van der Waals surface area contributed by atoms with Gasteiger partial charge in [0.15, 0.2) is 0 Å². The zero-order chi connectivity index (χ0) is 15.7. The second-order valence-corrected chi connectivity index (χ2v) is 6.90. The van der Waals surface area contributed by atoms with Gasteiger partial charge in [-0.1, -0.05) is 12.1 Å². The number of likely N-dealkylation sites (tertiary alicyclic amines) is 1. The van der Waals surface area contributed by atoms with Crippen LogP contribution in [0.25, 0.3) is 0 Å². The van der Waals surface area contributed by atoms with Crippen LogP contribution in [0, 0.1) is 11.7 Å². The van der Waals surface area contributed by atoms with Crippen molar-refractivity contribution in [2.45, 2.75) is 51.1 Å². The van der Waals surface area contributed by atoms with Crippen molar-refractivity contribution in [3.8, 4) is 0 Å². The summed E-state index contributed by atoms with van der Waals surface area (Å²) in [4.78, 5) is 14.9. The summed E-state index contributed by atoms with van der Waals surface area (Å²) < 4.78 is 13.1. The van der Waals surface area contributed by atoms with Crippen molar-refractivity contribution in [2.24, 2.45) is 5.92 Å². The van der Waals surface area contributed by atoms with E-state index in [4.69, 9.17) is 0 Å². The summed E-state index contributed by atoms with van der Waals surface area (Å²) >= 11 is 0. The monoisotopic (exact) mass is 340 g/mol. The van der Waals surface area contributed by atoms with E-state index in [0.717, 1.165) is 37.9 Å². The molecular weight excluding hydrogens is 315 g/mol. The van der Waals surface area contributed by atoms with Crippen LogP contribution < -0.4 is 5.32 Å². The summed E-state index contributed by atoms with van der Waals surface area (Å²) in [5.41, 5.74) is 1.14. The van der Waals surface area contributed by atoms with Gasteiger partial charge >= 0.3 is 0 Å². The molecular formula is C18H26ClFN2O. The van der Waals surface area contributed by atoms with E-state index in [1.165, 1.54) is 12.1 Å². The first kappa shape index (κ1) is 18.2. The lowest BCUT2D eigenvalue weighted by molar-refractivity contribution is -0.137. The lowest BCUT2D eigenvalue weighted by atomic mass is 9.92. The van der Waals surface area contributed by atoms with Gasteiger partial charge in [-0.05, 0) is 57.4 Å². The van der Waals surface area contributed by atoms with Crippen LogP contribution in [0.2, 0.25) is 0 Å². The highest BCUT2D eigenvalue weighted by Crippen LogP contribution is 2.33. The molecule has 1 aromatic rings. The maximum atomic E-state index is 13.1. The van der Waals surface area contributed by atoms with Gasteiger partial charge in [0, 0.05) is 30.5 Å². The number of hydrogen-bond acceptors (Lipinski definition) is 2. The largest absolute Gasteiger partial charge is 0.339 e. The molecule has 2 heterocycles. The van der Waals surface area contributed by atoms with Crippen molar-refractivity contribution in [1.29, 1.82) is 0 Å². The van der Waals surface area contributed by atoms with Crippen LogP contribution in [0.4, 0.5) is 4.39 Å². The van der Waals surface area contributed by atoms with E-state index < -0.39 is 0 Å². The molecule has 3 rings (SSSR count). The summed E-state index contributed by atoms with van der Waals surface area (Å²) in [5.74, 6) is 0.598. The molecule has 0 aromatic heterocycles. The zero-order valence-electron chi connectivity index (χ0n) is 13.8.